The molecule has 0 saturated carbocycles. The van der Waals surface area contributed by atoms with Gasteiger partial charge in [-0.25, -0.2) is 4.98 Å². The van der Waals surface area contributed by atoms with Gasteiger partial charge in [-0.2, -0.15) is 0 Å². The van der Waals surface area contributed by atoms with Crippen LogP contribution in [0.2, 0.25) is 0 Å². The molecular weight excluding hydrogens is 240 g/mol. The SMILES string of the molecule is CCCn1ccnc(NCC(N)CC(C)(C)C)c1=O. The molecule has 5 heteroatoms. The van der Waals surface area contributed by atoms with E-state index in [0.717, 1.165) is 12.8 Å². The molecule has 19 heavy (non-hydrogen) atoms. The van der Waals surface area contributed by atoms with Crippen molar-refractivity contribution in [3.63, 3.8) is 0 Å². The predicted octanol–water partition coefficient (Wildman–Crippen LogP) is 1.83. The van der Waals surface area contributed by atoms with E-state index in [9.17, 15) is 4.79 Å². The van der Waals surface area contributed by atoms with Crippen molar-refractivity contribution in [2.45, 2.75) is 53.1 Å². The van der Waals surface area contributed by atoms with Crippen LogP contribution >= 0.6 is 0 Å². The van der Waals surface area contributed by atoms with Gasteiger partial charge in [0.2, 0.25) is 0 Å². The maximum Gasteiger partial charge on any atom is 0.293 e. The molecule has 5 nitrogen and oxygen atoms in total. The number of aromatic nitrogens is 2. The molecule has 108 valence electrons. The quantitative estimate of drug-likeness (QED) is 0.824. The van der Waals surface area contributed by atoms with Gasteiger partial charge in [0.1, 0.15) is 0 Å². The summed E-state index contributed by atoms with van der Waals surface area (Å²) < 4.78 is 1.67. The molecule has 0 aromatic carbocycles. The van der Waals surface area contributed by atoms with Crippen LogP contribution in [0.15, 0.2) is 17.2 Å². The van der Waals surface area contributed by atoms with Crippen LogP contribution in [0.5, 0.6) is 0 Å². The van der Waals surface area contributed by atoms with Crippen LogP contribution < -0.4 is 16.6 Å². The van der Waals surface area contributed by atoms with Gasteiger partial charge in [-0.15, -0.1) is 0 Å². The summed E-state index contributed by atoms with van der Waals surface area (Å²) in [4.78, 5) is 16.1. The minimum Gasteiger partial charge on any atom is -0.364 e. The van der Waals surface area contributed by atoms with E-state index in [1.54, 1.807) is 17.0 Å². The van der Waals surface area contributed by atoms with Crippen molar-refractivity contribution < 1.29 is 0 Å². The summed E-state index contributed by atoms with van der Waals surface area (Å²) in [6.07, 6.45) is 5.18. The monoisotopic (exact) mass is 266 g/mol. The Morgan fingerprint density at radius 1 is 1.47 bits per heavy atom. The first-order valence-electron chi connectivity index (χ1n) is 6.88. The third-order valence-electron chi connectivity index (χ3n) is 2.78. The van der Waals surface area contributed by atoms with E-state index in [-0.39, 0.29) is 17.0 Å². The Hall–Kier alpha value is -1.36. The Balaban J connectivity index is 2.63. The van der Waals surface area contributed by atoms with Crippen molar-refractivity contribution in [2.75, 3.05) is 11.9 Å². The zero-order chi connectivity index (χ0) is 14.5. The van der Waals surface area contributed by atoms with Gasteiger partial charge < -0.3 is 15.6 Å². The van der Waals surface area contributed by atoms with Gasteiger partial charge in [0.25, 0.3) is 5.56 Å². The number of nitrogens with zero attached hydrogens (tertiary/aromatic N) is 2. The van der Waals surface area contributed by atoms with Crippen LogP contribution in [0.1, 0.15) is 40.5 Å². The van der Waals surface area contributed by atoms with E-state index in [4.69, 9.17) is 5.73 Å². The molecule has 0 fully saturated rings. The van der Waals surface area contributed by atoms with E-state index in [1.165, 1.54) is 0 Å². The maximum absolute atomic E-state index is 12.1. The highest BCUT2D eigenvalue weighted by atomic mass is 16.1. The van der Waals surface area contributed by atoms with Gasteiger partial charge in [0.15, 0.2) is 5.82 Å². The Kier molecular flexibility index (Phi) is 5.54. The van der Waals surface area contributed by atoms with Gasteiger partial charge >= 0.3 is 0 Å². The van der Waals surface area contributed by atoms with Crippen molar-refractivity contribution >= 4 is 5.82 Å². The summed E-state index contributed by atoms with van der Waals surface area (Å²) in [5.41, 5.74) is 6.17. The average Bonchev–Trinajstić information content (AvgIpc) is 2.28. The summed E-state index contributed by atoms with van der Waals surface area (Å²) in [6, 6.07) is 0.0148. The molecule has 0 aliphatic rings. The van der Waals surface area contributed by atoms with Crippen LogP contribution in [0.3, 0.4) is 0 Å². The molecule has 1 aromatic rings. The van der Waals surface area contributed by atoms with Gasteiger partial charge in [-0.05, 0) is 18.3 Å². The minimum atomic E-state index is -0.0766. The average molecular weight is 266 g/mol. The van der Waals surface area contributed by atoms with Gasteiger partial charge in [-0.3, -0.25) is 4.79 Å². The fourth-order valence-corrected chi connectivity index (χ4v) is 2.07. The number of hydrogen-bond donors (Lipinski definition) is 2. The predicted molar refractivity (Wildman–Crippen MR) is 79.3 cm³/mol. The van der Waals surface area contributed by atoms with Crippen molar-refractivity contribution in [3.8, 4) is 0 Å². The van der Waals surface area contributed by atoms with Gasteiger partial charge in [-0.1, -0.05) is 27.7 Å². The lowest BCUT2D eigenvalue weighted by molar-refractivity contribution is 0.344. The third kappa shape index (κ3) is 5.42. The van der Waals surface area contributed by atoms with Crippen LogP contribution in [-0.4, -0.2) is 22.1 Å². The molecule has 1 atom stereocenters. The number of rotatable bonds is 6. The summed E-state index contributed by atoms with van der Waals surface area (Å²) in [5, 5.41) is 3.06. The normalized spacial score (nSPS) is 13.3. The Bertz CT molecular complexity index is 447. The molecule has 0 bridgehead atoms. The molecule has 0 spiro atoms. The largest absolute Gasteiger partial charge is 0.364 e. The zero-order valence-electron chi connectivity index (χ0n) is 12.4. The van der Waals surface area contributed by atoms with Gasteiger partial charge in [0, 0.05) is 31.5 Å². The Labute approximate surface area is 115 Å². The van der Waals surface area contributed by atoms with Crippen molar-refractivity contribution in [1.29, 1.82) is 0 Å². The third-order valence-corrected chi connectivity index (χ3v) is 2.78. The summed E-state index contributed by atoms with van der Waals surface area (Å²) in [6.45, 7) is 9.78. The molecule has 1 unspecified atom stereocenters. The second kappa shape index (κ2) is 6.70. The first kappa shape index (κ1) is 15.7. The fourth-order valence-electron chi connectivity index (χ4n) is 2.07. The van der Waals surface area contributed by atoms with Crippen molar-refractivity contribution in [3.05, 3.63) is 22.7 Å². The number of aryl methyl sites for hydroxylation is 1. The zero-order valence-corrected chi connectivity index (χ0v) is 12.4. The van der Waals surface area contributed by atoms with Crippen LogP contribution in [0, 0.1) is 5.41 Å². The van der Waals surface area contributed by atoms with E-state index in [0.29, 0.717) is 18.9 Å². The van der Waals surface area contributed by atoms with Crippen LogP contribution in [0.4, 0.5) is 5.82 Å². The van der Waals surface area contributed by atoms with E-state index in [2.05, 4.69) is 31.1 Å². The molecule has 1 rings (SSSR count). The lowest BCUT2D eigenvalue weighted by Gasteiger charge is -2.23. The minimum absolute atomic E-state index is 0.0148. The number of anilines is 1. The number of nitrogens with two attached hydrogens (primary N) is 1. The Morgan fingerprint density at radius 3 is 2.74 bits per heavy atom. The maximum atomic E-state index is 12.1. The fraction of sp³-hybridized carbons (Fsp3) is 0.714. The second-order valence-electron chi connectivity index (χ2n) is 6.18. The highest BCUT2D eigenvalue weighted by Crippen LogP contribution is 2.19. The summed E-state index contributed by atoms with van der Waals surface area (Å²) in [5.74, 6) is 0.389. The van der Waals surface area contributed by atoms with E-state index in [1.807, 2.05) is 6.92 Å². The van der Waals surface area contributed by atoms with E-state index >= 15 is 0 Å². The highest BCUT2D eigenvalue weighted by Gasteiger charge is 2.16. The lowest BCUT2D eigenvalue weighted by atomic mass is 9.88. The molecule has 1 heterocycles. The molecule has 0 amide bonds. The molecule has 1 aromatic heterocycles. The first-order valence-corrected chi connectivity index (χ1v) is 6.88. The smallest absolute Gasteiger partial charge is 0.293 e. The molecule has 3 N–H and O–H groups in total. The lowest BCUT2D eigenvalue weighted by Crippen LogP contribution is -2.35. The van der Waals surface area contributed by atoms with Gasteiger partial charge in [0.05, 0.1) is 0 Å². The van der Waals surface area contributed by atoms with E-state index < -0.39 is 0 Å². The van der Waals surface area contributed by atoms with Crippen molar-refractivity contribution in [2.24, 2.45) is 11.1 Å². The first-order chi connectivity index (χ1) is 8.83. The Morgan fingerprint density at radius 2 is 2.16 bits per heavy atom. The summed E-state index contributed by atoms with van der Waals surface area (Å²) >= 11 is 0. The standard InChI is InChI=1S/C14H26N4O/c1-5-7-18-8-6-16-12(13(18)19)17-10-11(15)9-14(2,3)4/h6,8,11H,5,7,9-10,15H2,1-4H3,(H,16,17). The molecule has 0 radical (unpaired) electrons. The number of nitrogens with one attached hydrogen (secondary N) is 1. The molecule has 0 aliphatic heterocycles. The van der Waals surface area contributed by atoms with Crippen molar-refractivity contribution in [1.82, 2.24) is 9.55 Å². The molecule has 0 saturated heterocycles. The topological polar surface area (TPSA) is 72.9 Å². The second-order valence-corrected chi connectivity index (χ2v) is 6.18. The highest BCUT2D eigenvalue weighted by molar-refractivity contribution is 5.30. The summed E-state index contributed by atoms with van der Waals surface area (Å²) in [7, 11) is 0. The molecular formula is C14H26N4O. The van der Waals surface area contributed by atoms with Crippen LogP contribution in [-0.2, 0) is 6.54 Å². The molecule has 0 aliphatic carbocycles. The number of hydrogen-bond acceptors (Lipinski definition) is 4. The van der Waals surface area contributed by atoms with Crippen LogP contribution in [0.25, 0.3) is 0 Å².